The van der Waals surface area contributed by atoms with Crippen LogP contribution in [0.1, 0.15) is 31.2 Å². The van der Waals surface area contributed by atoms with E-state index in [1.807, 2.05) is 30.0 Å². The summed E-state index contributed by atoms with van der Waals surface area (Å²) >= 11 is 0. The van der Waals surface area contributed by atoms with Gasteiger partial charge in [-0.3, -0.25) is 4.79 Å². The Morgan fingerprint density at radius 1 is 1.17 bits per heavy atom. The molecular formula is C23H25FN4O2. The minimum absolute atomic E-state index is 0.148. The number of hydrazone groups is 1. The number of nitrogens with one attached hydrogen (secondary N) is 1. The number of nitrogens with zero attached hydrogens (tertiary/aromatic N) is 3. The van der Waals surface area contributed by atoms with Crippen molar-refractivity contribution in [3.05, 3.63) is 47.8 Å². The van der Waals surface area contributed by atoms with E-state index in [0.29, 0.717) is 23.1 Å². The average molecular weight is 408 g/mol. The summed E-state index contributed by atoms with van der Waals surface area (Å²) in [5.74, 6) is 1.27. The number of piperidine rings is 1. The summed E-state index contributed by atoms with van der Waals surface area (Å²) in [5, 5.41) is 4.18. The maximum Gasteiger partial charge on any atom is 0.262 e. The molecule has 0 bridgehead atoms. The molecule has 30 heavy (non-hydrogen) atoms. The highest BCUT2D eigenvalue weighted by Gasteiger charge is 2.36. The Hall–Kier alpha value is -2.93. The van der Waals surface area contributed by atoms with Gasteiger partial charge in [-0.2, -0.15) is 5.10 Å². The maximum atomic E-state index is 14.8. The lowest BCUT2D eigenvalue weighted by atomic mass is 9.83. The van der Waals surface area contributed by atoms with E-state index in [0.717, 1.165) is 42.7 Å². The maximum absolute atomic E-state index is 14.8. The Morgan fingerprint density at radius 2 is 1.93 bits per heavy atom. The van der Waals surface area contributed by atoms with Gasteiger partial charge in [0.1, 0.15) is 24.2 Å². The monoisotopic (exact) mass is 408 g/mol. The smallest absolute Gasteiger partial charge is 0.262 e. The molecule has 156 valence electrons. The number of rotatable bonds is 2. The molecule has 0 radical (unpaired) electrons. The number of halogens is 1. The van der Waals surface area contributed by atoms with Crippen molar-refractivity contribution in [3.8, 4) is 16.9 Å². The highest BCUT2D eigenvalue weighted by molar-refractivity contribution is 6.09. The molecule has 0 aliphatic carbocycles. The largest absolute Gasteiger partial charge is 0.483 e. The number of anilines is 1. The van der Waals surface area contributed by atoms with Crippen LogP contribution in [-0.4, -0.2) is 49.4 Å². The van der Waals surface area contributed by atoms with Gasteiger partial charge < -0.3 is 14.5 Å². The van der Waals surface area contributed by atoms with Crippen molar-refractivity contribution < 1.29 is 13.9 Å². The molecule has 0 spiro atoms. The Balaban J connectivity index is 1.67. The third kappa shape index (κ3) is 3.13. The Labute approximate surface area is 175 Å². The summed E-state index contributed by atoms with van der Waals surface area (Å²) in [7, 11) is 2.13. The zero-order valence-electron chi connectivity index (χ0n) is 17.2. The fourth-order valence-electron chi connectivity index (χ4n) is 4.66. The zero-order chi connectivity index (χ0) is 20.8. The molecule has 0 saturated carbocycles. The second kappa shape index (κ2) is 7.40. The lowest BCUT2D eigenvalue weighted by molar-refractivity contribution is -0.122. The fraction of sp³-hybridized carbons (Fsp3) is 0.391. The second-order valence-corrected chi connectivity index (χ2v) is 8.30. The van der Waals surface area contributed by atoms with Crippen LogP contribution in [0.3, 0.4) is 0 Å². The lowest BCUT2D eigenvalue weighted by Crippen LogP contribution is -2.55. The molecular weight excluding hydrogens is 383 g/mol. The molecule has 1 unspecified atom stereocenters. The predicted octanol–water partition coefficient (Wildman–Crippen LogP) is 3.33. The Morgan fingerprint density at radius 3 is 2.70 bits per heavy atom. The quantitative estimate of drug-likeness (QED) is 0.828. The van der Waals surface area contributed by atoms with Crippen LogP contribution in [0.2, 0.25) is 0 Å². The summed E-state index contributed by atoms with van der Waals surface area (Å²) in [4.78, 5) is 16.5. The van der Waals surface area contributed by atoms with Crippen LogP contribution in [-0.2, 0) is 4.79 Å². The average Bonchev–Trinajstić information content (AvgIpc) is 2.76. The van der Waals surface area contributed by atoms with Crippen LogP contribution < -0.4 is 15.1 Å². The number of ether oxygens (including phenoxy) is 1. The standard InChI is InChI=1S/C23H25FN4O2/c1-14-23(29)26-25-22-13-30-21-12-18(16-5-3-4-6-19(16)24)17(11-20(21)28(14)22)15-7-9-27(2)10-8-15/h3-6,11-12,14-15H,7-10,13H2,1-2H3,(H,26,29). The first-order valence-electron chi connectivity index (χ1n) is 10.4. The summed E-state index contributed by atoms with van der Waals surface area (Å²) in [6.07, 6.45) is 2.02. The molecule has 1 N–H and O–H groups in total. The predicted molar refractivity (Wildman–Crippen MR) is 114 cm³/mol. The first kappa shape index (κ1) is 19.1. The molecule has 2 aromatic rings. The third-order valence-electron chi connectivity index (χ3n) is 6.41. The number of amidine groups is 1. The number of benzene rings is 2. The Bertz CT molecular complexity index is 1030. The number of hydrogen-bond acceptors (Lipinski definition) is 5. The van der Waals surface area contributed by atoms with Crippen molar-refractivity contribution in [3.63, 3.8) is 0 Å². The van der Waals surface area contributed by atoms with Gasteiger partial charge >= 0.3 is 0 Å². The first-order valence-corrected chi connectivity index (χ1v) is 10.4. The van der Waals surface area contributed by atoms with Gasteiger partial charge in [0.25, 0.3) is 5.91 Å². The summed E-state index contributed by atoms with van der Waals surface area (Å²) in [6, 6.07) is 10.5. The van der Waals surface area contributed by atoms with E-state index in [1.54, 1.807) is 6.07 Å². The van der Waals surface area contributed by atoms with Crippen LogP contribution in [0.4, 0.5) is 10.1 Å². The number of amides is 1. The second-order valence-electron chi connectivity index (χ2n) is 8.30. The molecule has 3 heterocycles. The molecule has 1 fully saturated rings. The molecule has 1 atom stereocenters. The molecule has 7 heteroatoms. The number of fused-ring (bicyclic) bond motifs is 3. The van der Waals surface area contributed by atoms with E-state index >= 15 is 0 Å². The van der Waals surface area contributed by atoms with E-state index in [4.69, 9.17) is 4.74 Å². The van der Waals surface area contributed by atoms with Crippen LogP contribution in [0.15, 0.2) is 41.5 Å². The van der Waals surface area contributed by atoms with Gasteiger partial charge in [0.15, 0.2) is 5.84 Å². The van der Waals surface area contributed by atoms with Crippen molar-refractivity contribution in [2.45, 2.75) is 31.7 Å². The van der Waals surface area contributed by atoms with Gasteiger partial charge in [0.2, 0.25) is 0 Å². The molecule has 1 amide bonds. The van der Waals surface area contributed by atoms with E-state index < -0.39 is 0 Å². The van der Waals surface area contributed by atoms with Gasteiger partial charge in [-0.15, -0.1) is 0 Å². The van der Waals surface area contributed by atoms with Crippen molar-refractivity contribution in [2.24, 2.45) is 5.10 Å². The van der Waals surface area contributed by atoms with E-state index in [1.165, 1.54) is 6.07 Å². The van der Waals surface area contributed by atoms with E-state index in [9.17, 15) is 9.18 Å². The summed E-state index contributed by atoms with van der Waals surface area (Å²) in [6.45, 7) is 4.13. The van der Waals surface area contributed by atoms with Gasteiger partial charge in [-0.25, -0.2) is 9.82 Å². The number of carbonyl (C=O) groups excluding carboxylic acids is 1. The highest BCUT2D eigenvalue weighted by atomic mass is 19.1. The normalized spacial score (nSPS) is 22.0. The first-order chi connectivity index (χ1) is 14.5. The number of likely N-dealkylation sites (tertiary alicyclic amines) is 1. The fourth-order valence-corrected chi connectivity index (χ4v) is 4.66. The highest BCUT2D eigenvalue weighted by Crippen LogP contribution is 2.45. The Kier molecular flexibility index (Phi) is 4.70. The minimum atomic E-state index is -0.384. The molecule has 2 aromatic carbocycles. The minimum Gasteiger partial charge on any atom is -0.483 e. The van der Waals surface area contributed by atoms with Crippen molar-refractivity contribution in [1.29, 1.82) is 0 Å². The van der Waals surface area contributed by atoms with Crippen LogP contribution in [0.25, 0.3) is 11.1 Å². The number of carbonyl (C=O) groups is 1. The molecule has 5 rings (SSSR count). The van der Waals surface area contributed by atoms with Gasteiger partial charge in [-0.1, -0.05) is 18.2 Å². The zero-order valence-corrected chi connectivity index (χ0v) is 17.2. The van der Waals surface area contributed by atoms with E-state index in [2.05, 4.69) is 28.5 Å². The molecule has 0 aromatic heterocycles. The third-order valence-corrected chi connectivity index (χ3v) is 6.41. The van der Waals surface area contributed by atoms with Crippen LogP contribution in [0, 0.1) is 5.82 Å². The topological polar surface area (TPSA) is 57.2 Å². The summed E-state index contributed by atoms with van der Waals surface area (Å²) < 4.78 is 20.8. The molecule has 6 nitrogen and oxygen atoms in total. The van der Waals surface area contributed by atoms with Gasteiger partial charge in [0.05, 0.1) is 5.69 Å². The van der Waals surface area contributed by atoms with Crippen LogP contribution >= 0.6 is 0 Å². The number of hydrogen-bond donors (Lipinski definition) is 1. The van der Waals surface area contributed by atoms with E-state index in [-0.39, 0.29) is 24.4 Å². The van der Waals surface area contributed by atoms with Crippen molar-refractivity contribution in [2.75, 3.05) is 31.6 Å². The molecule has 1 saturated heterocycles. The SMILES string of the molecule is CC1C(=O)NN=C2COc3cc(-c4ccccc4F)c(C4CCN(C)CC4)cc3N21. The molecule has 3 aliphatic rings. The van der Waals surface area contributed by atoms with Gasteiger partial charge in [0, 0.05) is 5.56 Å². The molecule has 3 aliphatic heterocycles. The lowest BCUT2D eigenvalue weighted by Gasteiger charge is -2.39. The van der Waals surface area contributed by atoms with Crippen molar-refractivity contribution in [1.82, 2.24) is 10.3 Å². The van der Waals surface area contributed by atoms with Crippen molar-refractivity contribution >= 4 is 17.4 Å². The van der Waals surface area contributed by atoms with Crippen LogP contribution in [0.5, 0.6) is 5.75 Å². The summed E-state index contributed by atoms with van der Waals surface area (Å²) in [5.41, 5.74) is 5.95. The van der Waals surface area contributed by atoms with Gasteiger partial charge in [-0.05, 0) is 75.1 Å².